The van der Waals surface area contributed by atoms with Gasteiger partial charge in [0.1, 0.15) is 18.1 Å². The van der Waals surface area contributed by atoms with Crippen LogP contribution in [-0.2, 0) is 0 Å². The zero-order valence-corrected chi connectivity index (χ0v) is 22.4. The molecule has 2 saturated carbocycles. The molecular weight excluding hydrogens is 512 g/mol. The van der Waals surface area contributed by atoms with E-state index in [1.165, 1.54) is 0 Å². The first-order valence-corrected chi connectivity index (χ1v) is 13.3. The number of hydrogen-bond donors (Lipinski definition) is 3. The van der Waals surface area contributed by atoms with E-state index in [4.69, 9.17) is 15.2 Å². The summed E-state index contributed by atoms with van der Waals surface area (Å²) < 4.78 is 15.3. The van der Waals surface area contributed by atoms with E-state index >= 15 is 0 Å². The smallest absolute Gasteiger partial charge is 0.255 e. The number of ether oxygens (including phenoxy) is 2. The molecule has 3 aromatic heterocycles. The van der Waals surface area contributed by atoms with Crippen molar-refractivity contribution in [2.24, 2.45) is 11.1 Å². The van der Waals surface area contributed by atoms with Crippen molar-refractivity contribution >= 4 is 17.3 Å². The number of rotatable bonds is 9. The number of aromatic nitrogens is 4. The van der Waals surface area contributed by atoms with Gasteiger partial charge in [-0.1, -0.05) is 0 Å². The Labute approximate surface area is 230 Å². The minimum Gasteiger partial charge on any atom is -0.489 e. The molecule has 1 aromatic carbocycles. The SMILES string of the molecule is CC(C)(O)COc1ccc2c(C(=O)NC3CC4(C3)CC(Oc3cc(-n5ccnc5)ccc3C(N)=O)C4)cnn2c1. The fourth-order valence-electron chi connectivity index (χ4n) is 5.72. The van der Waals surface area contributed by atoms with E-state index in [9.17, 15) is 14.7 Å². The molecule has 2 aliphatic carbocycles. The van der Waals surface area contributed by atoms with Crippen LogP contribution in [0.5, 0.6) is 11.5 Å². The Hall–Kier alpha value is -4.38. The number of fused-ring (bicyclic) bond motifs is 1. The average molecular weight is 545 g/mol. The maximum atomic E-state index is 13.0. The Morgan fingerprint density at radius 2 is 1.98 bits per heavy atom. The standard InChI is InChI=1S/C29H32N6O5/c1-28(2,38)16-39-20-4-6-24-23(14-32-35(24)15-20)27(37)33-18-10-29(11-18)12-21(13-29)40-25-9-19(34-8-7-31-17-34)3-5-22(25)26(30)36/h3-9,14-15,17-18,21,38H,10-13,16H2,1-2H3,(H2,30,36)(H,33,37). The Kier molecular flexibility index (Phi) is 6.25. The summed E-state index contributed by atoms with van der Waals surface area (Å²) >= 11 is 0. The topological polar surface area (TPSA) is 146 Å². The molecule has 3 heterocycles. The number of nitrogens with zero attached hydrogens (tertiary/aromatic N) is 4. The first kappa shape index (κ1) is 25.9. The van der Waals surface area contributed by atoms with E-state index in [0.717, 1.165) is 31.4 Å². The number of benzene rings is 1. The van der Waals surface area contributed by atoms with E-state index in [-0.39, 0.29) is 30.1 Å². The summed E-state index contributed by atoms with van der Waals surface area (Å²) in [4.78, 5) is 29.1. The fraction of sp³-hybridized carbons (Fsp3) is 0.379. The van der Waals surface area contributed by atoms with Crippen LogP contribution in [0.25, 0.3) is 11.2 Å². The van der Waals surface area contributed by atoms with Crippen molar-refractivity contribution in [1.29, 1.82) is 0 Å². The molecule has 1 spiro atoms. The van der Waals surface area contributed by atoms with Crippen molar-refractivity contribution in [3.63, 3.8) is 0 Å². The quantitative estimate of drug-likeness (QED) is 0.294. The number of nitrogens with one attached hydrogen (secondary N) is 1. The molecule has 0 saturated heterocycles. The third kappa shape index (κ3) is 5.12. The van der Waals surface area contributed by atoms with E-state index < -0.39 is 11.5 Å². The lowest BCUT2D eigenvalue weighted by Gasteiger charge is -2.57. The van der Waals surface area contributed by atoms with Crippen molar-refractivity contribution < 1.29 is 24.2 Å². The number of aliphatic hydroxyl groups is 1. The Morgan fingerprint density at radius 3 is 2.67 bits per heavy atom. The molecule has 40 heavy (non-hydrogen) atoms. The molecule has 208 valence electrons. The lowest BCUT2D eigenvalue weighted by molar-refractivity contribution is -0.0834. The molecule has 11 heteroatoms. The summed E-state index contributed by atoms with van der Waals surface area (Å²) in [6, 6.07) is 8.95. The number of imidazole rings is 1. The van der Waals surface area contributed by atoms with Gasteiger partial charge in [0.25, 0.3) is 11.8 Å². The number of nitrogens with two attached hydrogens (primary N) is 1. The van der Waals surface area contributed by atoms with Gasteiger partial charge < -0.3 is 30.2 Å². The van der Waals surface area contributed by atoms with Gasteiger partial charge >= 0.3 is 0 Å². The van der Waals surface area contributed by atoms with E-state index in [1.807, 2.05) is 22.9 Å². The van der Waals surface area contributed by atoms with E-state index in [1.54, 1.807) is 61.5 Å². The van der Waals surface area contributed by atoms with Crippen molar-refractivity contribution in [2.75, 3.05) is 6.61 Å². The highest BCUT2D eigenvalue weighted by atomic mass is 16.5. The van der Waals surface area contributed by atoms with Gasteiger partial charge in [-0.25, -0.2) is 9.50 Å². The summed E-state index contributed by atoms with van der Waals surface area (Å²) in [5.41, 5.74) is 7.16. The Morgan fingerprint density at radius 1 is 1.18 bits per heavy atom. The molecule has 2 aliphatic rings. The van der Waals surface area contributed by atoms with Crippen molar-refractivity contribution in [3.05, 3.63) is 72.6 Å². The van der Waals surface area contributed by atoms with Gasteiger partial charge in [0.15, 0.2) is 0 Å². The molecule has 0 atom stereocenters. The molecule has 0 aliphatic heterocycles. The van der Waals surface area contributed by atoms with Crippen molar-refractivity contribution in [3.8, 4) is 17.2 Å². The third-order valence-corrected chi connectivity index (χ3v) is 7.67. The van der Waals surface area contributed by atoms with Gasteiger partial charge in [-0.15, -0.1) is 0 Å². The largest absolute Gasteiger partial charge is 0.489 e. The van der Waals surface area contributed by atoms with Crippen LogP contribution in [-0.4, -0.2) is 60.4 Å². The lowest BCUT2D eigenvalue weighted by atomic mass is 9.53. The maximum absolute atomic E-state index is 13.0. The summed E-state index contributed by atoms with van der Waals surface area (Å²) in [6.07, 6.45) is 11.9. The van der Waals surface area contributed by atoms with Crippen LogP contribution in [0.1, 0.15) is 60.2 Å². The zero-order chi connectivity index (χ0) is 28.1. The fourth-order valence-corrected chi connectivity index (χ4v) is 5.72. The van der Waals surface area contributed by atoms with Gasteiger partial charge in [0.05, 0.1) is 52.8 Å². The highest BCUT2D eigenvalue weighted by molar-refractivity contribution is 6.00. The van der Waals surface area contributed by atoms with Crippen LogP contribution in [0.15, 0.2) is 61.4 Å². The lowest BCUT2D eigenvalue weighted by Crippen LogP contribution is -2.58. The first-order chi connectivity index (χ1) is 19.1. The highest BCUT2D eigenvalue weighted by Gasteiger charge is 2.54. The molecule has 0 bridgehead atoms. The molecule has 0 radical (unpaired) electrons. The summed E-state index contributed by atoms with van der Waals surface area (Å²) in [5, 5.41) is 17.3. The molecule has 0 unspecified atom stereocenters. The van der Waals surface area contributed by atoms with Crippen LogP contribution in [0.4, 0.5) is 0 Å². The van der Waals surface area contributed by atoms with Crippen LogP contribution in [0.2, 0.25) is 0 Å². The maximum Gasteiger partial charge on any atom is 0.255 e. The Balaban J connectivity index is 1.03. The second-order valence-corrected chi connectivity index (χ2v) is 11.6. The summed E-state index contributed by atoms with van der Waals surface area (Å²) in [6.45, 7) is 3.49. The van der Waals surface area contributed by atoms with Gasteiger partial charge in [-0.05, 0) is 69.2 Å². The van der Waals surface area contributed by atoms with Gasteiger partial charge in [0, 0.05) is 24.5 Å². The molecular formula is C29H32N6O5. The number of pyridine rings is 1. The molecule has 6 rings (SSSR count). The minimum absolute atomic E-state index is 0.0137. The number of carbonyl (C=O) groups is 2. The summed E-state index contributed by atoms with van der Waals surface area (Å²) in [7, 11) is 0. The summed E-state index contributed by atoms with van der Waals surface area (Å²) in [5.74, 6) is 0.348. The molecule has 2 amide bonds. The number of amides is 2. The molecule has 2 fully saturated rings. The second-order valence-electron chi connectivity index (χ2n) is 11.6. The second kappa shape index (κ2) is 9.67. The van der Waals surface area contributed by atoms with Crippen LogP contribution < -0.4 is 20.5 Å². The van der Waals surface area contributed by atoms with Crippen molar-refractivity contribution in [2.45, 2.75) is 57.3 Å². The third-order valence-electron chi connectivity index (χ3n) is 7.67. The van der Waals surface area contributed by atoms with Crippen molar-refractivity contribution in [1.82, 2.24) is 24.5 Å². The van der Waals surface area contributed by atoms with Crippen LogP contribution in [0.3, 0.4) is 0 Å². The number of carbonyl (C=O) groups excluding carboxylic acids is 2. The highest BCUT2D eigenvalue weighted by Crippen LogP contribution is 2.57. The molecule has 4 N–H and O–H groups in total. The van der Waals surface area contributed by atoms with Gasteiger partial charge in [0.2, 0.25) is 0 Å². The normalized spacial score (nSPS) is 22.0. The molecule has 4 aromatic rings. The molecule has 11 nitrogen and oxygen atoms in total. The van der Waals surface area contributed by atoms with Gasteiger partial charge in [-0.2, -0.15) is 5.10 Å². The van der Waals surface area contributed by atoms with Crippen LogP contribution in [0, 0.1) is 5.41 Å². The van der Waals surface area contributed by atoms with E-state index in [0.29, 0.717) is 28.1 Å². The Bertz CT molecular complexity index is 1560. The average Bonchev–Trinajstić information content (AvgIpc) is 3.54. The predicted octanol–water partition coefficient (Wildman–Crippen LogP) is 2.89. The minimum atomic E-state index is -0.949. The zero-order valence-electron chi connectivity index (χ0n) is 22.4. The number of hydrogen-bond acceptors (Lipinski definition) is 7. The predicted molar refractivity (Wildman–Crippen MR) is 146 cm³/mol. The van der Waals surface area contributed by atoms with Crippen LogP contribution >= 0.6 is 0 Å². The van der Waals surface area contributed by atoms with Gasteiger partial charge in [-0.3, -0.25) is 9.59 Å². The van der Waals surface area contributed by atoms with E-state index in [2.05, 4.69) is 15.4 Å². The number of primary amides is 1. The monoisotopic (exact) mass is 544 g/mol. The first-order valence-electron chi connectivity index (χ1n) is 13.3.